The summed E-state index contributed by atoms with van der Waals surface area (Å²) in [6.45, 7) is 5.64. The van der Waals surface area contributed by atoms with Crippen LogP contribution in [0.2, 0.25) is 0 Å². The topological polar surface area (TPSA) is 70.1 Å². The van der Waals surface area contributed by atoms with Crippen LogP contribution in [0.5, 0.6) is 0 Å². The van der Waals surface area contributed by atoms with E-state index in [0.717, 1.165) is 18.4 Å². The summed E-state index contributed by atoms with van der Waals surface area (Å²) in [6.07, 6.45) is 0.748. The van der Waals surface area contributed by atoms with Crippen molar-refractivity contribution in [3.05, 3.63) is 35.9 Å². The summed E-state index contributed by atoms with van der Waals surface area (Å²) >= 11 is 0. The summed E-state index contributed by atoms with van der Waals surface area (Å²) in [5.41, 5.74) is 0.886. The number of hydrogen-bond acceptors (Lipinski definition) is 4. The SMILES string of the molecule is CCCN(CCC)C(=O)[C@@H]1CC(O)CN1C(=O)OCc1ccccc1. The van der Waals surface area contributed by atoms with Gasteiger partial charge in [0.05, 0.1) is 12.6 Å². The molecule has 25 heavy (non-hydrogen) atoms. The second-order valence-corrected chi connectivity index (χ2v) is 6.42. The average molecular weight is 348 g/mol. The molecule has 0 saturated carbocycles. The number of carbonyl (C=O) groups is 2. The Kier molecular flexibility index (Phi) is 7.25. The summed E-state index contributed by atoms with van der Waals surface area (Å²) in [5.74, 6) is -0.100. The number of carbonyl (C=O) groups excluding carboxylic acids is 2. The first-order chi connectivity index (χ1) is 12.1. The first-order valence-electron chi connectivity index (χ1n) is 9.01. The molecule has 6 nitrogen and oxygen atoms in total. The van der Waals surface area contributed by atoms with E-state index in [1.165, 1.54) is 4.90 Å². The monoisotopic (exact) mass is 348 g/mol. The Balaban J connectivity index is 2.01. The van der Waals surface area contributed by atoms with Gasteiger partial charge in [-0.3, -0.25) is 9.69 Å². The summed E-state index contributed by atoms with van der Waals surface area (Å²) in [7, 11) is 0. The van der Waals surface area contributed by atoms with Gasteiger partial charge in [0, 0.05) is 19.5 Å². The van der Waals surface area contributed by atoms with Crippen LogP contribution in [0, 0.1) is 0 Å². The molecule has 0 aromatic heterocycles. The Hall–Kier alpha value is -2.08. The van der Waals surface area contributed by atoms with E-state index in [1.54, 1.807) is 4.90 Å². The Bertz CT molecular complexity index is 558. The van der Waals surface area contributed by atoms with Gasteiger partial charge in [0.15, 0.2) is 0 Å². The van der Waals surface area contributed by atoms with E-state index in [1.807, 2.05) is 44.2 Å². The minimum Gasteiger partial charge on any atom is -0.445 e. The molecular formula is C19H28N2O4. The number of benzene rings is 1. The highest BCUT2D eigenvalue weighted by atomic mass is 16.6. The van der Waals surface area contributed by atoms with Gasteiger partial charge in [-0.15, -0.1) is 0 Å². The molecule has 0 radical (unpaired) electrons. The molecule has 2 rings (SSSR count). The summed E-state index contributed by atoms with van der Waals surface area (Å²) < 4.78 is 5.35. The van der Waals surface area contributed by atoms with Crippen LogP contribution in [0.3, 0.4) is 0 Å². The van der Waals surface area contributed by atoms with E-state index < -0.39 is 18.2 Å². The fourth-order valence-corrected chi connectivity index (χ4v) is 3.13. The molecule has 1 heterocycles. The highest BCUT2D eigenvalue weighted by Gasteiger charge is 2.41. The highest BCUT2D eigenvalue weighted by Crippen LogP contribution is 2.22. The molecule has 0 bridgehead atoms. The molecule has 0 spiro atoms. The third-order valence-corrected chi connectivity index (χ3v) is 4.30. The average Bonchev–Trinajstić information content (AvgIpc) is 3.01. The van der Waals surface area contributed by atoms with Gasteiger partial charge in [-0.05, 0) is 18.4 Å². The first kappa shape index (κ1) is 19.2. The van der Waals surface area contributed by atoms with E-state index in [2.05, 4.69) is 0 Å². The standard InChI is InChI=1S/C19H28N2O4/c1-3-10-20(11-4-2)18(23)17-12-16(22)13-21(17)19(24)25-14-15-8-6-5-7-9-15/h5-9,16-17,22H,3-4,10-14H2,1-2H3/t16?,17-/m0/s1. The van der Waals surface area contributed by atoms with Crippen molar-refractivity contribution in [2.24, 2.45) is 0 Å². The van der Waals surface area contributed by atoms with Crippen molar-refractivity contribution in [1.29, 1.82) is 0 Å². The van der Waals surface area contributed by atoms with Crippen LogP contribution in [-0.4, -0.2) is 58.7 Å². The van der Waals surface area contributed by atoms with E-state index >= 15 is 0 Å². The lowest BCUT2D eigenvalue weighted by Gasteiger charge is -2.29. The maximum atomic E-state index is 12.8. The molecule has 1 unspecified atom stereocenters. The number of likely N-dealkylation sites (tertiary alicyclic amines) is 1. The Labute approximate surface area is 149 Å². The largest absolute Gasteiger partial charge is 0.445 e. The number of rotatable bonds is 7. The molecule has 1 aromatic rings. The van der Waals surface area contributed by atoms with Crippen LogP contribution in [0.25, 0.3) is 0 Å². The fraction of sp³-hybridized carbons (Fsp3) is 0.579. The zero-order valence-electron chi connectivity index (χ0n) is 15.1. The van der Waals surface area contributed by atoms with Crippen LogP contribution >= 0.6 is 0 Å². The van der Waals surface area contributed by atoms with Crippen molar-refractivity contribution in [2.75, 3.05) is 19.6 Å². The van der Waals surface area contributed by atoms with Gasteiger partial charge in [-0.1, -0.05) is 44.2 Å². The number of ether oxygens (including phenoxy) is 1. The molecule has 1 aliphatic heterocycles. The number of β-amino-alcohol motifs (C(OH)–C–C–N with tert-alkyl or cyclic N) is 1. The van der Waals surface area contributed by atoms with Gasteiger partial charge in [0.2, 0.25) is 5.91 Å². The molecule has 1 aromatic carbocycles. The normalized spacial score (nSPS) is 19.7. The van der Waals surface area contributed by atoms with Crippen LogP contribution in [-0.2, 0) is 16.1 Å². The minimum atomic E-state index is -0.691. The molecule has 0 aliphatic carbocycles. The third kappa shape index (κ3) is 5.19. The number of amides is 2. The lowest BCUT2D eigenvalue weighted by atomic mass is 10.1. The van der Waals surface area contributed by atoms with Crippen molar-refractivity contribution < 1.29 is 19.4 Å². The molecular weight excluding hydrogens is 320 g/mol. The molecule has 1 aliphatic rings. The van der Waals surface area contributed by atoms with Crippen molar-refractivity contribution in [2.45, 2.75) is 51.9 Å². The van der Waals surface area contributed by atoms with E-state index in [-0.39, 0.29) is 25.5 Å². The number of aliphatic hydroxyl groups excluding tert-OH is 1. The zero-order valence-corrected chi connectivity index (χ0v) is 15.1. The first-order valence-corrected chi connectivity index (χ1v) is 9.01. The van der Waals surface area contributed by atoms with Gasteiger partial charge < -0.3 is 14.7 Å². The Morgan fingerprint density at radius 3 is 2.44 bits per heavy atom. The van der Waals surface area contributed by atoms with Crippen LogP contribution in [0.4, 0.5) is 4.79 Å². The predicted molar refractivity (Wildman–Crippen MR) is 94.9 cm³/mol. The summed E-state index contributed by atoms with van der Waals surface area (Å²) in [5, 5.41) is 9.97. The van der Waals surface area contributed by atoms with Crippen LogP contribution in [0.15, 0.2) is 30.3 Å². The van der Waals surface area contributed by atoms with Gasteiger partial charge in [-0.2, -0.15) is 0 Å². The smallest absolute Gasteiger partial charge is 0.410 e. The summed E-state index contributed by atoms with van der Waals surface area (Å²) in [4.78, 5) is 28.4. The van der Waals surface area contributed by atoms with Crippen molar-refractivity contribution in [3.8, 4) is 0 Å². The molecule has 1 fully saturated rings. The number of aliphatic hydroxyl groups is 1. The Morgan fingerprint density at radius 2 is 1.84 bits per heavy atom. The van der Waals surface area contributed by atoms with Crippen molar-refractivity contribution in [3.63, 3.8) is 0 Å². The lowest BCUT2D eigenvalue weighted by Crippen LogP contribution is -2.48. The summed E-state index contributed by atoms with van der Waals surface area (Å²) in [6, 6.07) is 8.76. The van der Waals surface area contributed by atoms with Crippen molar-refractivity contribution >= 4 is 12.0 Å². The molecule has 2 amide bonds. The number of hydrogen-bond donors (Lipinski definition) is 1. The Morgan fingerprint density at radius 1 is 1.20 bits per heavy atom. The molecule has 138 valence electrons. The molecule has 6 heteroatoms. The fourth-order valence-electron chi connectivity index (χ4n) is 3.13. The van der Waals surface area contributed by atoms with Crippen LogP contribution < -0.4 is 0 Å². The van der Waals surface area contributed by atoms with E-state index in [9.17, 15) is 14.7 Å². The quantitative estimate of drug-likeness (QED) is 0.821. The van der Waals surface area contributed by atoms with Gasteiger partial charge in [0.25, 0.3) is 0 Å². The maximum Gasteiger partial charge on any atom is 0.410 e. The van der Waals surface area contributed by atoms with E-state index in [0.29, 0.717) is 13.1 Å². The molecule has 1 saturated heterocycles. The highest BCUT2D eigenvalue weighted by molar-refractivity contribution is 5.86. The third-order valence-electron chi connectivity index (χ3n) is 4.30. The second kappa shape index (κ2) is 9.42. The maximum absolute atomic E-state index is 12.8. The molecule has 2 atom stereocenters. The predicted octanol–water partition coefficient (Wildman–Crippen LogP) is 2.41. The van der Waals surface area contributed by atoms with Crippen molar-refractivity contribution in [1.82, 2.24) is 9.80 Å². The lowest BCUT2D eigenvalue weighted by molar-refractivity contribution is -0.135. The van der Waals surface area contributed by atoms with E-state index in [4.69, 9.17) is 4.74 Å². The number of nitrogens with zero attached hydrogens (tertiary/aromatic N) is 2. The second-order valence-electron chi connectivity index (χ2n) is 6.42. The van der Waals surface area contributed by atoms with Gasteiger partial charge in [0.1, 0.15) is 12.6 Å². The van der Waals surface area contributed by atoms with Gasteiger partial charge >= 0.3 is 6.09 Å². The minimum absolute atomic E-state index is 0.100. The zero-order chi connectivity index (χ0) is 18.2. The van der Waals surface area contributed by atoms with Crippen LogP contribution in [0.1, 0.15) is 38.7 Å². The molecule has 1 N–H and O–H groups in total. The van der Waals surface area contributed by atoms with Gasteiger partial charge in [-0.25, -0.2) is 4.79 Å².